The number of aliphatic imine (C=N–C) groups is 1. The Hall–Kier alpha value is -4.51. The van der Waals surface area contributed by atoms with Crippen LogP contribution in [0.15, 0.2) is 94.8 Å². The molecule has 1 atom stereocenters. The van der Waals surface area contributed by atoms with Crippen molar-refractivity contribution >= 4 is 39.3 Å². The first kappa shape index (κ1) is 29.5. The van der Waals surface area contributed by atoms with Crippen LogP contribution in [0.5, 0.6) is 0 Å². The molecule has 0 bridgehead atoms. The Labute approximate surface area is 239 Å². The second-order valence-electron chi connectivity index (χ2n) is 9.49. The lowest BCUT2D eigenvalue weighted by Gasteiger charge is -2.19. The molecule has 0 unspecified atom stereocenters. The van der Waals surface area contributed by atoms with Crippen LogP contribution in [0.4, 0.5) is 5.69 Å². The van der Waals surface area contributed by atoms with Gasteiger partial charge in [0.1, 0.15) is 5.84 Å². The fourth-order valence-electron chi connectivity index (χ4n) is 4.25. The third-order valence-electron chi connectivity index (χ3n) is 6.33. The number of ether oxygens (including phenoxy) is 1. The zero-order valence-electron chi connectivity index (χ0n) is 22.4. The van der Waals surface area contributed by atoms with Gasteiger partial charge >= 0.3 is 5.97 Å². The van der Waals surface area contributed by atoms with Gasteiger partial charge in [-0.2, -0.15) is 0 Å². The summed E-state index contributed by atoms with van der Waals surface area (Å²) in [5.41, 5.74) is 1.39. The summed E-state index contributed by atoms with van der Waals surface area (Å²) in [5, 5.41) is 5.40. The van der Waals surface area contributed by atoms with Crippen LogP contribution >= 0.6 is 0 Å². The van der Waals surface area contributed by atoms with Crippen molar-refractivity contribution in [1.82, 2.24) is 10.0 Å². The fourth-order valence-corrected chi connectivity index (χ4v) is 5.38. The summed E-state index contributed by atoms with van der Waals surface area (Å²) in [6, 6.07) is 22.7. The van der Waals surface area contributed by atoms with E-state index in [0.29, 0.717) is 29.9 Å². The van der Waals surface area contributed by atoms with E-state index in [4.69, 9.17) is 4.74 Å². The summed E-state index contributed by atoms with van der Waals surface area (Å²) in [6.07, 6.45) is 3.14. The molecule has 3 aromatic rings. The van der Waals surface area contributed by atoms with Crippen LogP contribution in [-0.2, 0) is 24.3 Å². The number of nitrogens with one attached hydrogen (secondary N) is 3. The molecule has 4 rings (SSSR count). The van der Waals surface area contributed by atoms with Gasteiger partial charge in [0.15, 0.2) is 6.61 Å². The van der Waals surface area contributed by atoms with Crippen LogP contribution in [0.1, 0.15) is 54.1 Å². The van der Waals surface area contributed by atoms with Gasteiger partial charge in [0.25, 0.3) is 21.8 Å². The molecule has 0 fully saturated rings. The van der Waals surface area contributed by atoms with Crippen molar-refractivity contribution < 1.29 is 27.5 Å². The largest absolute Gasteiger partial charge is 0.455 e. The van der Waals surface area contributed by atoms with E-state index in [0.717, 1.165) is 19.3 Å². The van der Waals surface area contributed by atoms with Crippen molar-refractivity contribution in [3.05, 3.63) is 96.1 Å². The predicted molar refractivity (Wildman–Crippen MR) is 155 cm³/mol. The van der Waals surface area contributed by atoms with Crippen molar-refractivity contribution in [2.75, 3.05) is 18.5 Å². The highest BCUT2D eigenvalue weighted by molar-refractivity contribution is 7.90. The van der Waals surface area contributed by atoms with E-state index in [-0.39, 0.29) is 22.9 Å². The Morgan fingerprint density at radius 2 is 1.61 bits per heavy atom. The van der Waals surface area contributed by atoms with Gasteiger partial charge in [-0.25, -0.2) is 8.42 Å². The second kappa shape index (κ2) is 14.2. The molecule has 1 heterocycles. The van der Waals surface area contributed by atoms with Gasteiger partial charge in [-0.3, -0.25) is 24.1 Å². The highest BCUT2D eigenvalue weighted by Crippen LogP contribution is 2.19. The Morgan fingerprint density at radius 1 is 0.878 bits per heavy atom. The highest BCUT2D eigenvalue weighted by Gasteiger charge is 2.21. The first-order chi connectivity index (χ1) is 19.8. The van der Waals surface area contributed by atoms with E-state index in [1.807, 2.05) is 6.07 Å². The molecule has 10 nitrogen and oxygen atoms in total. The minimum absolute atomic E-state index is 0.0286. The van der Waals surface area contributed by atoms with Gasteiger partial charge in [0, 0.05) is 24.2 Å². The third kappa shape index (κ3) is 9.00. The topological polar surface area (TPSA) is 143 Å². The number of anilines is 1. The van der Waals surface area contributed by atoms with Crippen molar-refractivity contribution in [3.8, 4) is 0 Å². The molecule has 1 aliphatic heterocycles. The molecule has 0 aromatic heterocycles. The molecule has 0 aliphatic carbocycles. The van der Waals surface area contributed by atoms with Crippen LogP contribution in [0, 0.1) is 0 Å². The van der Waals surface area contributed by atoms with E-state index in [1.54, 1.807) is 54.6 Å². The standard InChI is InChI=1S/C30H32N4O6S/c35-28(32-24-15-10-16-25(19-24)41(38,39)34-27-17-8-3-9-18-31-27)21-40-29(36)20-26(22-11-4-1-5-12-22)33-30(37)23-13-6-2-7-14-23/h1-2,4-7,10-16,19,26H,3,8-9,17-18,20-21H2,(H,31,34)(H,32,35)(H,33,37)/t26-/m0/s1. The molecular formula is C30H32N4O6S. The van der Waals surface area contributed by atoms with Crippen molar-refractivity contribution in [2.24, 2.45) is 4.99 Å². The molecule has 41 heavy (non-hydrogen) atoms. The van der Waals surface area contributed by atoms with Gasteiger partial charge < -0.3 is 15.4 Å². The normalized spacial score (nSPS) is 14.1. The maximum Gasteiger partial charge on any atom is 0.308 e. The second-order valence-corrected chi connectivity index (χ2v) is 11.2. The number of esters is 1. The zero-order valence-corrected chi connectivity index (χ0v) is 23.2. The number of amidine groups is 1. The highest BCUT2D eigenvalue weighted by atomic mass is 32.2. The average molecular weight is 577 g/mol. The van der Waals surface area contributed by atoms with Crippen LogP contribution in [0.25, 0.3) is 0 Å². The summed E-state index contributed by atoms with van der Waals surface area (Å²) < 4.78 is 33.4. The molecule has 0 spiro atoms. The average Bonchev–Trinajstić information content (AvgIpc) is 3.25. The minimum Gasteiger partial charge on any atom is -0.455 e. The van der Waals surface area contributed by atoms with Gasteiger partial charge in [0.2, 0.25) is 0 Å². The zero-order chi connectivity index (χ0) is 29.1. The Balaban J connectivity index is 1.33. The molecule has 0 saturated heterocycles. The summed E-state index contributed by atoms with van der Waals surface area (Å²) in [7, 11) is -3.88. The van der Waals surface area contributed by atoms with Crippen LogP contribution in [-0.4, -0.2) is 45.2 Å². The number of rotatable bonds is 10. The fraction of sp³-hybridized carbons (Fsp3) is 0.267. The molecule has 2 amide bonds. The summed E-state index contributed by atoms with van der Waals surface area (Å²) in [4.78, 5) is 42.2. The smallest absolute Gasteiger partial charge is 0.308 e. The maximum absolute atomic E-state index is 12.8. The van der Waals surface area contributed by atoms with Gasteiger partial charge in [-0.1, -0.05) is 61.0 Å². The summed E-state index contributed by atoms with van der Waals surface area (Å²) in [6.45, 7) is -0.00281. The minimum atomic E-state index is -3.88. The van der Waals surface area contributed by atoms with Crippen LogP contribution in [0.2, 0.25) is 0 Å². The number of amides is 2. The van der Waals surface area contributed by atoms with Gasteiger partial charge in [-0.05, 0) is 48.7 Å². The lowest BCUT2D eigenvalue weighted by atomic mass is 10.0. The number of hydrogen-bond acceptors (Lipinski definition) is 7. The number of sulfonamides is 1. The van der Waals surface area contributed by atoms with Crippen molar-refractivity contribution in [3.63, 3.8) is 0 Å². The van der Waals surface area contributed by atoms with E-state index in [1.165, 1.54) is 24.3 Å². The molecule has 3 aromatic carbocycles. The maximum atomic E-state index is 12.8. The quantitative estimate of drug-likeness (QED) is 0.312. The number of benzene rings is 3. The third-order valence-corrected chi connectivity index (χ3v) is 7.71. The predicted octanol–water partition coefficient (Wildman–Crippen LogP) is 3.98. The number of carbonyl (C=O) groups excluding carboxylic acids is 3. The summed E-state index contributed by atoms with van der Waals surface area (Å²) >= 11 is 0. The first-order valence-corrected chi connectivity index (χ1v) is 14.8. The molecule has 11 heteroatoms. The Kier molecular flexibility index (Phi) is 10.2. The van der Waals surface area contributed by atoms with Crippen molar-refractivity contribution in [1.29, 1.82) is 0 Å². The summed E-state index contributed by atoms with van der Waals surface area (Å²) in [5.74, 6) is -1.25. The molecule has 1 aliphatic rings. The number of hydrogen-bond donors (Lipinski definition) is 3. The van der Waals surface area contributed by atoms with E-state index in [2.05, 4.69) is 20.3 Å². The van der Waals surface area contributed by atoms with Crippen LogP contribution < -0.4 is 15.4 Å². The molecular weight excluding hydrogens is 544 g/mol. The van der Waals surface area contributed by atoms with E-state index < -0.39 is 34.5 Å². The van der Waals surface area contributed by atoms with Gasteiger partial charge in [0.05, 0.1) is 17.4 Å². The van der Waals surface area contributed by atoms with Crippen molar-refractivity contribution in [2.45, 2.75) is 43.0 Å². The lowest BCUT2D eigenvalue weighted by Crippen LogP contribution is -2.31. The van der Waals surface area contributed by atoms with Gasteiger partial charge in [-0.15, -0.1) is 0 Å². The lowest BCUT2D eigenvalue weighted by molar-refractivity contribution is -0.147. The molecule has 3 N–H and O–H groups in total. The van der Waals surface area contributed by atoms with E-state index in [9.17, 15) is 22.8 Å². The van der Waals surface area contributed by atoms with E-state index >= 15 is 0 Å². The van der Waals surface area contributed by atoms with Crippen LogP contribution in [0.3, 0.4) is 0 Å². The number of carbonyl (C=O) groups is 3. The Morgan fingerprint density at radius 3 is 2.37 bits per heavy atom. The molecule has 0 saturated carbocycles. The SMILES string of the molecule is O=C(COC(=O)C[C@H](NC(=O)c1ccccc1)c1ccccc1)Nc1cccc(S(=O)(=O)NC2=NCCCCC2)c1. The molecule has 214 valence electrons. The number of nitrogens with zero attached hydrogens (tertiary/aromatic N) is 1. The Bertz CT molecular complexity index is 1490. The monoisotopic (exact) mass is 576 g/mol. The first-order valence-electron chi connectivity index (χ1n) is 13.3. The molecule has 0 radical (unpaired) electrons.